The number of fused-ring (bicyclic) bond motifs is 2. The van der Waals surface area contributed by atoms with Gasteiger partial charge < -0.3 is 5.32 Å². The van der Waals surface area contributed by atoms with Crippen LogP contribution in [0.3, 0.4) is 0 Å². The fourth-order valence-electron chi connectivity index (χ4n) is 4.21. The zero-order chi connectivity index (χ0) is 11.7. The molecule has 98 valence electrons. The van der Waals surface area contributed by atoms with Crippen molar-refractivity contribution >= 4 is 0 Å². The second kappa shape index (κ2) is 5.27. The van der Waals surface area contributed by atoms with Crippen molar-refractivity contribution in [2.45, 2.75) is 76.4 Å². The molecule has 2 atom stereocenters. The number of hydrogen-bond acceptors (Lipinski definition) is 2. The van der Waals surface area contributed by atoms with E-state index in [-0.39, 0.29) is 0 Å². The number of nitrogens with zero attached hydrogens (tertiary/aromatic N) is 1. The molecule has 3 rings (SSSR count). The minimum Gasteiger partial charge on any atom is -0.314 e. The lowest BCUT2D eigenvalue weighted by Gasteiger charge is -2.40. The van der Waals surface area contributed by atoms with E-state index in [9.17, 15) is 0 Å². The molecule has 2 unspecified atom stereocenters. The van der Waals surface area contributed by atoms with Crippen molar-refractivity contribution in [2.75, 3.05) is 13.1 Å². The van der Waals surface area contributed by atoms with E-state index in [4.69, 9.17) is 0 Å². The first-order valence-electron chi connectivity index (χ1n) is 7.86. The van der Waals surface area contributed by atoms with Crippen molar-refractivity contribution in [3.05, 3.63) is 0 Å². The van der Waals surface area contributed by atoms with Gasteiger partial charge in [0.15, 0.2) is 0 Å². The number of nitrogens with one attached hydrogen (secondary N) is 1. The predicted molar refractivity (Wildman–Crippen MR) is 72.2 cm³/mol. The SMILES string of the molecule is CCNC1CC2CCC(C1)N2CCC1CCC1. The summed E-state index contributed by atoms with van der Waals surface area (Å²) in [7, 11) is 0. The van der Waals surface area contributed by atoms with Gasteiger partial charge in [0.1, 0.15) is 0 Å². The molecule has 2 heteroatoms. The molecule has 0 spiro atoms. The maximum Gasteiger partial charge on any atom is 0.0114 e. The highest BCUT2D eigenvalue weighted by molar-refractivity contribution is 4.97. The third kappa shape index (κ3) is 2.53. The maximum atomic E-state index is 3.67. The second-order valence-electron chi connectivity index (χ2n) is 6.43. The van der Waals surface area contributed by atoms with Gasteiger partial charge >= 0.3 is 0 Å². The Morgan fingerprint density at radius 3 is 2.29 bits per heavy atom. The van der Waals surface area contributed by atoms with Crippen LogP contribution in [0.5, 0.6) is 0 Å². The molecule has 0 aromatic rings. The molecule has 1 saturated carbocycles. The van der Waals surface area contributed by atoms with Crippen LogP contribution in [0.2, 0.25) is 0 Å². The molecule has 0 aromatic heterocycles. The lowest BCUT2D eigenvalue weighted by Crippen LogP contribution is -2.49. The van der Waals surface area contributed by atoms with Gasteiger partial charge in [-0.25, -0.2) is 0 Å². The quantitative estimate of drug-likeness (QED) is 0.789. The molecule has 0 radical (unpaired) electrons. The highest BCUT2D eigenvalue weighted by Gasteiger charge is 2.40. The summed E-state index contributed by atoms with van der Waals surface area (Å²) < 4.78 is 0. The van der Waals surface area contributed by atoms with Crippen LogP contribution < -0.4 is 5.32 Å². The van der Waals surface area contributed by atoms with Gasteiger partial charge in [0.25, 0.3) is 0 Å². The third-order valence-corrected chi connectivity index (χ3v) is 5.40. The summed E-state index contributed by atoms with van der Waals surface area (Å²) in [6.45, 7) is 4.79. The topological polar surface area (TPSA) is 15.3 Å². The summed E-state index contributed by atoms with van der Waals surface area (Å²) in [5.74, 6) is 1.08. The summed E-state index contributed by atoms with van der Waals surface area (Å²) in [4.78, 5) is 2.87. The molecule has 0 aromatic carbocycles. The first-order chi connectivity index (χ1) is 8.36. The molecule has 2 nitrogen and oxygen atoms in total. The smallest absolute Gasteiger partial charge is 0.0114 e. The van der Waals surface area contributed by atoms with E-state index < -0.39 is 0 Å². The Balaban J connectivity index is 1.49. The normalized spacial score (nSPS) is 38.3. The van der Waals surface area contributed by atoms with E-state index in [1.54, 1.807) is 0 Å². The molecule has 3 aliphatic rings. The monoisotopic (exact) mass is 236 g/mol. The number of hydrogen-bond donors (Lipinski definition) is 1. The summed E-state index contributed by atoms with van der Waals surface area (Å²) in [5, 5.41) is 3.67. The zero-order valence-corrected chi connectivity index (χ0v) is 11.3. The summed E-state index contributed by atoms with van der Waals surface area (Å²) in [6, 6.07) is 2.65. The zero-order valence-electron chi connectivity index (χ0n) is 11.3. The molecule has 1 N–H and O–H groups in total. The lowest BCUT2D eigenvalue weighted by atomic mass is 9.82. The molecule has 17 heavy (non-hydrogen) atoms. The van der Waals surface area contributed by atoms with E-state index in [0.717, 1.165) is 30.6 Å². The van der Waals surface area contributed by atoms with Crippen LogP contribution in [0.15, 0.2) is 0 Å². The molecule has 0 amide bonds. The van der Waals surface area contributed by atoms with Gasteiger partial charge in [0.05, 0.1) is 0 Å². The number of rotatable bonds is 5. The molecule has 2 saturated heterocycles. The predicted octanol–water partition coefficient (Wildman–Crippen LogP) is 2.78. The average Bonchev–Trinajstić information content (AvgIpc) is 2.50. The van der Waals surface area contributed by atoms with Crippen molar-refractivity contribution in [1.82, 2.24) is 10.2 Å². The number of piperidine rings is 1. The van der Waals surface area contributed by atoms with Crippen molar-refractivity contribution in [3.63, 3.8) is 0 Å². The third-order valence-electron chi connectivity index (χ3n) is 5.40. The Kier molecular flexibility index (Phi) is 3.72. The first-order valence-corrected chi connectivity index (χ1v) is 7.86. The average molecular weight is 236 g/mol. The van der Waals surface area contributed by atoms with Gasteiger partial charge in [-0.15, -0.1) is 0 Å². The van der Waals surface area contributed by atoms with Crippen LogP contribution in [0.4, 0.5) is 0 Å². The standard InChI is InChI=1S/C15H28N2/c1-2-16-13-10-14-6-7-15(11-13)17(14)9-8-12-4-3-5-12/h12-16H,2-11H2,1H3. The minimum absolute atomic E-state index is 0.817. The Hall–Kier alpha value is -0.0800. The van der Waals surface area contributed by atoms with E-state index in [0.29, 0.717) is 0 Å². The van der Waals surface area contributed by atoms with Gasteiger partial charge in [0.2, 0.25) is 0 Å². The first kappa shape index (κ1) is 12.0. The summed E-state index contributed by atoms with van der Waals surface area (Å²) in [6.07, 6.45) is 11.8. The molecule has 2 aliphatic heterocycles. The van der Waals surface area contributed by atoms with Crippen LogP contribution in [0, 0.1) is 5.92 Å². The fourth-order valence-corrected chi connectivity index (χ4v) is 4.21. The Morgan fingerprint density at radius 2 is 1.76 bits per heavy atom. The molecule has 2 heterocycles. The highest BCUT2D eigenvalue weighted by atomic mass is 15.2. The van der Waals surface area contributed by atoms with Crippen LogP contribution in [-0.2, 0) is 0 Å². The van der Waals surface area contributed by atoms with Crippen molar-refractivity contribution in [2.24, 2.45) is 5.92 Å². The molecule has 1 aliphatic carbocycles. The van der Waals surface area contributed by atoms with Crippen molar-refractivity contribution in [3.8, 4) is 0 Å². The fraction of sp³-hybridized carbons (Fsp3) is 1.00. The van der Waals surface area contributed by atoms with Crippen molar-refractivity contribution < 1.29 is 0 Å². The van der Waals surface area contributed by atoms with E-state index in [1.807, 2.05) is 0 Å². The Morgan fingerprint density at radius 1 is 1.06 bits per heavy atom. The maximum absolute atomic E-state index is 3.67. The molecular formula is C15H28N2. The second-order valence-corrected chi connectivity index (χ2v) is 6.43. The van der Waals surface area contributed by atoms with E-state index in [2.05, 4.69) is 17.1 Å². The van der Waals surface area contributed by atoms with Crippen LogP contribution in [-0.4, -0.2) is 36.1 Å². The summed E-state index contributed by atoms with van der Waals surface area (Å²) in [5.41, 5.74) is 0. The highest BCUT2D eigenvalue weighted by Crippen LogP contribution is 2.37. The molecular weight excluding hydrogens is 208 g/mol. The van der Waals surface area contributed by atoms with E-state index in [1.165, 1.54) is 57.9 Å². The Bertz CT molecular complexity index is 235. The van der Waals surface area contributed by atoms with Crippen LogP contribution in [0.25, 0.3) is 0 Å². The van der Waals surface area contributed by atoms with Gasteiger partial charge in [0, 0.05) is 18.1 Å². The van der Waals surface area contributed by atoms with Gasteiger partial charge in [-0.1, -0.05) is 26.2 Å². The van der Waals surface area contributed by atoms with Crippen molar-refractivity contribution in [1.29, 1.82) is 0 Å². The largest absolute Gasteiger partial charge is 0.314 e. The van der Waals surface area contributed by atoms with Crippen LogP contribution in [0.1, 0.15) is 58.3 Å². The van der Waals surface area contributed by atoms with Crippen LogP contribution >= 0.6 is 0 Å². The lowest BCUT2D eigenvalue weighted by molar-refractivity contribution is 0.102. The minimum atomic E-state index is 0.817. The molecule has 3 fully saturated rings. The van der Waals surface area contributed by atoms with E-state index >= 15 is 0 Å². The molecule has 2 bridgehead atoms. The summed E-state index contributed by atoms with van der Waals surface area (Å²) >= 11 is 0. The van der Waals surface area contributed by atoms with Gasteiger partial charge in [-0.2, -0.15) is 0 Å². The van der Waals surface area contributed by atoms with Gasteiger partial charge in [-0.3, -0.25) is 4.90 Å². The Labute approximate surface area is 106 Å². The van der Waals surface area contributed by atoms with Gasteiger partial charge in [-0.05, 0) is 51.1 Å².